The number of amides is 1. The number of methoxy groups -OCH3 is 1. The van der Waals surface area contributed by atoms with Gasteiger partial charge in [-0.25, -0.2) is 4.39 Å². The van der Waals surface area contributed by atoms with E-state index in [1.807, 2.05) is 12.1 Å². The molecule has 0 heterocycles. The van der Waals surface area contributed by atoms with E-state index in [1.54, 1.807) is 6.07 Å². The van der Waals surface area contributed by atoms with Crippen LogP contribution in [0.25, 0.3) is 0 Å². The molecule has 31 heavy (non-hydrogen) atoms. The smallest absolute Gasteiger partial charge is 0.227 e. The maximum atomic E-state index is 14.2. The monoisotopic (exact) mass is 423 g/mol. The van der Waals surface area contributed by atoms with Gasteiger partial charge in [-0.2, -0.15) is 0 Å². The number of aryl methyl sites for hydroxylation is 1. The molecule has 0 radical (unpaired) electrons. The fourth-order valence-corrected chi connectivity index (χ4v) is 5.29. The summed E-state index contributed by atoms with van der Waals surface area (Å²) in [5.74, 6) is 0.278. The predicted octanol–water partition coefficient (Wildman–Crippen LogP) is 5.72. The first kappa shape index (κ1) is 21.5. The molecule has 2 aliphatic rings. The number of rotatable bonds is 4. The summed E-state index contributed by atoms with van der Waals surface area (Å²) in [6.07, 6.45) is 6.12. The van der Waals surface area contributed by atoms with Crippen LogP contribution in [0, 0.1) is 30.5 Å². The van der Waals surface area contributed by atoms with E-state index < -0.39 is 5.82 Å². The molecule has 1 amide bonds. The highest BCUT2D eigenvalue weighted by atomic mass is 19.1. The molecule has 0 saturated heterocycles. The minimum Gasteiger partial charge on any atom is -0.497 e. The van der Waals surface area contributed by atoms with Crippen molar-refractivity contribution in [2.45, 2.75) is 51.9 Å². The van der Waals surface area contributed by atoms with E-state index in [1.165, 1.54) is 30.4 Å². The van der Waals surface area contributed by atoms with Gasteiger partial charge in [-0.1, -0.05) is 18.2 Å². The molecule has 0 bridgehead atoms. The standard InChI is InChI=1S/C26H30FNO3/c1-16-5-3-8-22-20(16)6-4-7-21(25(22)29)17-9-11-18(12-10-17)26(30)28-24-14-13-19(31-2)15-23(24)27/h3,5,8,13-15,17-18,21H,4,6-7,9-12H2,1-2H3,(H,28,30). The number of anilines is 1. The van der Waals surface area contributed by atoms with Crippen LogP contribution in [0.3, 0.4) is 0 Å². The Bertz CT molecular complexity index is 979. The second-order valence-electron chi connectivity index (χ2n) is 8.91. The molecule has 4 nitrogen and oxygen atoms in total. The van der Waals surface area contributed by atoms with E-state index in [0.29, 0.717) is 11.7 Å². The Morgan fingerprint density at radius 3 is 2.58 bits per heavy atom. The Balaban J connectivity index is 1.38. The lowest BCUT2D eigenvalue weighted by Crippen LogP contribution is -2.32. The summed E-state index contributed by atoms with van der Waals surface area (Å²) in [4.78, 5) is 26.0. The number of halogens is 1. The van der Waals surface area contributed by atoms with Gasteiger partial charge in [-0.3, -0.25) is 9.59 Å². The van der Waals surface area contributed by atoms with Crippen molar-refractivity contribution < 1.29 is 18.7 Å². The zero-order valence-corrected chi connectivity index (χ0v) is 18.2. The van der Waals surface area contributed by atoms with E-state index >= 15 is 0 Å². The average molecular weight is 424 g/mol. The van der Waals surface area contributed by atoms with Gasteiger partial charge in [0.1, 0.15) is 11.6 Å². The molecule has 0 aliphatic heterocycles. The average Bonchev–Trinajstić information content (AvgIpc) is 2.95. The van der Waals surface area contributed by atoms with Gasteiger partial charge in [0, 0.05) is 23.5 Å². The van der Waals surface area contributed by atoms with Gasteiger partial charge in [0.15, 0.2) is 5.78 Å². The Kier molecular flexibility index (Phi) is 6.40. The number of hydrogen-bond donors (Lipinski definition) is 1. The molecule has 0 aromatic heterocycles. The van der Waals surface area contributed by atoms with Gasteiger partial charge < -0.3 is 10.1 Å². The summed E-state index contributed by atoms with van der Waals surface area (Å²) >= 11 is 0. The Morgan fingerprint density at radius 1 is 1.10 bits per heavy atom. The molecule has 4 rings (SSSR count). The van der Waals surface area contributed by atoms with Gasteiger partial charge in [-0.05, 0) is 81.0 Å². The second kappa shape index (κ2) is 9.21. The van der Waals surface area contributed by atoms with Crippen molar-refractivity contribution in [1.82, 2.24) is 0 Å². The van der Waals surface area contributed by atoms with Crippen LogP contribution in [-0.2, 0) is 11.2 Å². The minimum atomic E-state index is -0.501. The number of hydrogen-bond acceptors (Lipinski definition) is 3. The van der Waals surface area contributed by atoms with Crippen LogP contribution in [0.15, 0.2) is 36.4 Å². The van der Waals surface area contributed by atoms with Crippen molar-refractivity contribution in [2.24, 2.45) is 17.8 Å². The lowest BCUT2D eigenvalue weighted by molar-refractivity contribution is -0.121. The van der Waals surface area contributed by atoms with E-state index in [0.717, 1.165) is 50.5 Å². The minimum absolute atomic E-state index is 0.0473. The van der Waals surface area contributed by atoms with Crippen LogP contribution in [0.4, 0.5) is 10.1 Å². The zero-order valence-electron chi connectivity index (χ0n) is 18.2. The first-order valence-electron chi connectivity index (χ1n) is 11.2. The Hall–Kier alpha value is -2.69. The van der Waals surface area contributed by atoms with Crippen molar-refractivity contribution >= 4 is 17.4 Å². The number of Topliss-reactive ketones (excluding diaryl/α,β-unsaturated/α-hetero) is 1. The van der Waals surface area contributed by atoms with Crippen LogP contribution >= 0.6 is 0 Å². The molecule has 1 fully saturated rings. The highest BCUT2D eigenvalue weighted by Crippen LogP contribution is 2.40. The van der Waals surface area contributed by atoms with Crippen LogP contribution in [0.1, 0.15) is 60.0 Å². The lowest BCUT2D eigenvalue weighted by atomic mass is 9.72. The summed E-state index contributed by atoms with van der Waals surface area (Å²) in [6, 6.07) is 10.5. The molecular weight excluding hydrogens is 393 g/mol. The van der Waals surface area contributed by atoms with Gasteiger partial charge in [0.2, 0.25) is 5.91 Å². The van der Waals surface area contributed by atoms with Gasteiger partial charge in [-0.15, -0.1) is 0 Å². The fraction of sp³-hybridized carbons (Fsp3) is 0.462. The number of ether oxygens (including phenoxy) is 1. The normalized spacial score (nSPS) is 23.6. The fourth-order valence-electron chi connectivity index (χ4n) is 5.29. The first-order valence-corrected chi connectivity index (χ1v) is 11.2. The molecule has 0 spiro atoms. The highest BCUT2D eigenvalue weighted by molar-refractivity contribution is 6.00. The van der Waals surface area contributed by atoms with Crippen LogP contribution < -0.4 is 10.1 Å². The number of nitrogens with one attached hydrogen (secondary N) is 1. The van der Waals surface area contributed by atoms with Crippen LogP contribution in [0.2, 0.25) is 0 Å². The number of ketones is 1. The largest absolute Gasteiger partial charge is 0.497 e. The van der Waals surface area contributed by atoms with Crippen molar-refractivity contribution in [1.29, 1.82) is 0 Å². The summed E-state index contributed by atoms with van der Waals surface area (Å²) in [5, 5.41) is 2.73. The SMILES string of the molecule is COc1ccc(NC(=O)C2CCC(C3CCCc4c(C)cccc4C3=O)CC2)c(F)c1. The Labute approximate surface area is 183 Å². The molecule has 5 heteroatoms. The van der Waals surface area contributed by atoms with Crippen molar-refractivity contribution in [3.63, 3.8) is 0 Å². The van der Waals surface area contributed by atoms with Gasteiger partial charge >= 0.3 is 0 Å². The van der Waals surface area contributed by atoms with E-state index in [2.05, 4.69) is 18.3 Å². The van der Waals surface area contributed by atoms with E-state index in [-0.39, 0.29) is 29.2 Å². The zero-order chi connectivity index (χ0) is 22.0. The molecule has 1 atom stereocenters. The molecule has 2 aromatic carbocycles. The predicted molar refractivity (Wildman–Crippen MR) is 119 cm³/mol. The van der Waals surface area contributed by atoms with Crippen LogP contribution in [-0.4, -0.2) is 18.8 Å². The summed E-state index contributed by atoms with van der Waals surface area (Å²) in [5.41, 5.74) is 3.50. The summed E-state index contributed by atoms with van der Waals surface area (Å²) in [6.45, 7) is 2.09. The quantitative estimate of drug-likeness (QED) is 0.640. The van der Waals surface area contributed by atoms with E-state index in [9.17, 15) is 14.0 Å². The van der Waals surface area contributed by atoms with E-state index in [4.69, 9.17) is 4.74 Å². The molecule has 164 valence electrons. The highest BCUT2D eigenvalue weighted by Gasteiger charge is 2.36. The van der Waals surface area contributed by atoms with Crippen molar-refractivity contribution in [3.05, 3.63) is 58.9 Å². The third-order valence-electron chi connectivity index (χ3n) is 7.10. The Morgan fingerprint density at radius 2 is 1.87 bits per heavy atom. The number of carbonyl (C=O) groups excluding carboxylic acids is 2. The third kappa shape index (κ3) is 4.51. The first-order chi connectivity index (χ1) is 15.0. The summed E-state index contributed by atoms with van der Waals surface area (Å²) in [7, 11) is 1.48. The number of carbonyl (C=O) groups is 2. The molecular formula is C26H30FNO3. The topological polar surface area (TPSA) is 55.4 Å². The maximum Gasteiger partial charge on any atom is 0.227 e. The number of benzene rings is 2. The van der Waals surface area contributed by atoms with Gasteiger partial charge in [0.05, 0.1) is 12.8 Å². The lowest BCUT2D eigenvalue weighted by Gasteiger charge is -2.32. The number of fused-ring (bicyclic) bond motifs is 1. The molecule has 1 N–H and O–H groups in total. The molecule has 1 unspecified atom stereocenters. The molecule has 1 saturated carbocycles. The molecule has 2 aromatic rings. The van der Waals surface area contributed by atoms with Gasteiger partial charge in [0.25, 0.3) is 0 Å². The second-order valence-corrected chi connectivity index (χ2v) is 8.91. The maximum absolute atomic E-state index is 14.2. The van der Waals surface area contributed by atoms with Crippen LogP contribution in [0.5, 0.6) is 5.75 Å². The molecule has 2 aliphatic carbocycles. The summed E-state index contributed by atoms with van der Waals surface area (Å²) < 4.78 is 19.2. The van der Waals surface area contributed by atoms with Crippen molar-refractivity contribution in [3.8, 4) is 5.75 Å². The van der Waals surface area contributed by atoms with Crippen molar-refractivity contribution in [2.75, 3.05) is 12.4 Å². The third-order valence-corrected chi connectivity index (χ3v) is 7.10.